The molecule has 2 N–H and O–H groups in total. The molecule has 0 bridgehead atoms. The highest BCUT2D eigenvalue weighted by Crippen LogP contribution is 2.33. The first-order valence-electron chi connectivity index (χ1n) is 11.3. The molecule has 9 nitrogen and oxygen atoms in total. The van der Waals surface area contributed by atoms with Crippen molar-refractivity contribution < 1.29 is 27.3 Å². The van der Waals surface area contributed by atoms with E-state index in [0.717, 1.165) is 6.07 Å². The van der Waals surface area contributed by atoms with Gasteiger partial charge in [-0.2, -0.15) is 13.2 Å². The summed E-state index contributed by atoms with van der Waals surface area (Å²) in [5.41, 5.74) is -0.289. The highest BCUT2D eigenvalue weighted by Gasteiger charge is 2.32. The van der Waals surface area contributed by atoms with Crippen LogP contribution in [0, 0.1) is 6.92 Å². The summed E-state index contributed by atoms with van der Waals surface area (Å²) in [4.78, 5) is 22.8. The summed E-state index contributed by atoms with van der Waals surface area (Å²) in [6.07, 6.45) is -1.44. The predicted molar refractivity (Wildman–Crippen MR) is 135 cm³/mol. The number of piperazine rings is 1. The van der Waals surface area contributed by atoms with E-state index in [-0.39, 0.29) is 11.3 Å². The molecule has 2 amide bonds. The van der Waals surface area contributed by atoms with Crippen molar-refractivity contribution in [1.82, 2.24) is 14.3 Å². The van der Waals surface area contributed by atoms with Crippen molar-refractivity contribution in [2.24, 2.45) is 0 Å². The van der Waals surface area contributed by atoms with Crippen LogP contribution in [0.15, 0.2) is 54.9 Å². The molecule has 0 spiro atoms. The van der Waals surface area contributed by atoms with Gasteiger partial charge in [-0.3, -0.25) is 0 Å². The van der Waals surface area contributed by atoms with Crippen molar-refractivity contribution in [3.63, 3.8) is 0 Å². The Labute approximate surface area is 215 Å². The van der Waals surface area contributed by atoms with E-state index in [4.69, 9.17) is 4.74 Å². The molecule has 4 rings (SSSR count). The fraction of sp³-hybridized carbons (Fsp3) is 0.292. The maximum atomic E-state index is 13.1. The van der Waals surface area contributed by atoms with Crippen LogP contribution in [0.1, 0.15) is 11.1 Å². The molecule has 1 aliphatic rings. The van der Waals surface area contributed by atoms with Gasteiger partial charge < -0.3 is 24.8 Å². The smallest absolute Gasteiger partial charge is 0.416 e. The number of alkyl halides is 3. The van der Waals surface area contributed by atoms with E-state index in [2.05, 4.69) is 25.5 Å². The Balaban J connectivity index is 1.33. The van der Waals surface area contributed by atoms with E-state index in [1.165, 1.54) is 25.4 Å². The average molecular weight is 535 g/mol. The lowest BCUT2D eigenvalue weighted by Crippen LogP contribution is -2.48. The molecule has 0 radical (unpaired) electrons. The molecule has 13 heteroatoms. The number of hydrogen-bond acceptors (Lipinski definition) is 7. The second kappa shape index (κ2) is 11.2. The summed E-state index contributed by atoms with van der Waals surface area (Å²) in [7, 11) is 0. The Morgan fingerprint density at radius 2 is 1.65 bits per heavy atom. The summed E-state index contributed by atoms with van der Waals surface area (Å²) in [6, 6.07) is 11.1. The molecule has 1 saturated heterocycles. The largest absolute Gasteiger partial charge is 0.598 e. The van der Waals surface area contributed by atoms with Crippen molar-refractivity contribution in [2.45, 2.75) is 13.1 Å². The number of urea groups is 1. The third-order valence-corrected chi connectivity index (χ3v) is 6.78. The number of rotatable bonds is 6. The molecule has 1 aromatic heterocycles. The van der Waals surface area contributed by atoms with Gasteiger partial charge in [0.15, 0.2) is 0 Å². The first kappa shape index (κ1) is 26.5. The van der Waals surface area contributed by atoms with Crippen LogP contribution in [0.3, 0.4) is 0 Å². The van der Waals surface area contributed by atoms with Gasteiger partial charge in [0.1, 0.15) is 24.2 Å². The number of aryl methyl sites for hydroxylation is 1. The number of ether oxygens (including phenoxy) is 1. The Morgan fingerprint density at radius 1 is 1.00 bits per heavy atom. The third kappa shape index (κ3) is 7.02. The molecule has 37 heavy (non-hydrogen) atoms. The molecular formula is C24H25F3N6O3S. The SMILES string of the molecule is Cc1ccc(NC(=O)Nc2ccc(Oc3cc(N4CCN([S+](C)[O-])CC4)ncn3)cc2)cc1C(F)(F)F. The molecule has 2 heterocycles. The topological polar surface area (TPSA) is 106 Å². The molecule has 2 aromatic carbocycles. The maximum absolute atomic E-state index is 13.1. The van der Waals surface area contributed by atoms with Gasteiger partial charge in [0.25, 0.3) is 0 Å². The molecule has 0 saturated carbocycles. The van der Waals surface area contributed by atoms with E-state index in [1.807, 2.05) is 4.31 Å². The molecule has 1 unspecified atom stereocenters. The second-order valence-corrected chi connectivity index (χ2v) is 9.65. The number of nitrogens with zero attached hydrogens (tertiary/aromatic N) is 4. The summed E-state index contributed by atoms with van der Waals surface area (Å²) in [5.74, 6) is 1.51. The number of halogens is 3. The number of hydrogen-bond donors (Lipinski definition) is 2. The van der Waals surface area contributed by atoms with Crippen LogP contribution in [0.4, 0.5) is 35.2 Å². The van der Waals surface area contributed by atoms with Gasteiger partial charge in [-0.25, -0.2) is 14.8 Å². The molecular weight excluding hydrogens is 509 g/mol. The first-order valence-corrected chi connectivity index (χ1v) is 12.8. The second-order valence-electron chi connectivity index (χ2n) is 8.29. The number of amides is 2. The zero-order chi connectivity index (χ0) is 26.6. The average Bonchev–Trinajstić information content (AvgIpc) is 2.86. The van der Waals surface area contributed by atoms with Gasteiger partial charge in [-0.15, -0.1) is 4.31 Å². The minimum Gasteiger partial charge on any atom is -0.598 e. The highest BCUT2D eigenvalue weighted by atomic mass is 32.2. The van der Waals surface area contributed by atoms with E-state index < -0.39 is 29.1 Å². The standard InChI is InChI=1S/C24H25F3N6O3S/c1-16-3-4-18(13-20(16)24(25,26)27)31-23(34)30-17-5-7-19(8-6-17)36-22-14-21(28-15-29-22)32-9-11-33(12-10-32)37(2)35/h3-8,13-15H,9-12H2,1-2H3,(H2,30,31,34). The van der Waals surface area contributed by atoms with Gasteiger partial charge in [0.05, 0.1) is 18.7 Å². The highest BCUT2D eigenvalue weighted by molar-refractivity contribution is 7.88. The Hall–Kier alpha value is -3.55. The Morgan fingerprint density at radius 3 is 2.30 bits per heavy atom. The van der Waals surface area contributed by atoms with E-state index in [1.54, 1.807) is 36.6 Å². The molecule has 1 aliphatic heterocycles. The van der Waals surface area contributed by atoms with Crippen LogP contribution in [0.5, 0.6) is 11.6 Å². The normalized spacial score (nSPS) is 15.2. The van der Waals surface area contributed by atoms with Crippen molar-refractivity contribution >= 4 is 34.6 Å². The number of nitrogens with one attached hydrogen (secondary N) is 2. The predicted octanol–water partition coefficient (Wildman–Crippen LogP) is 4.66. The molecule has 0 aliphatic carbocycles. The van der Waals surface area contributed by atoms with Crippen molar-refractivity contribution in [2.75, 3.05) is 48.0 Å². The van der Waals surface area contributed by atoms with Crippen LogP contribution < -0.4 is 20.3 Å². The van der Waals surface area contributed by atoms with Gasteiger partial charge >= 0.3 is 12.2 Å². The van der Waals surface area contributed by atoms with Crippen LogP contribution in [-0.4, -0.2) is 57.3 Å². The summed E-state index contributed by atoms with van der Waals surface area (Å²) < 4.78 is 58.6. The van der Waals surface area contributed by atoms with Gasteiger partial charge in [0.2, 0.25) is 5.88 Å². The van der Waals surface area contributed by atoms with Crippen LogP contribution in [-0.2, 0) is 17.5 Å². The van der Waals surface area contributed by atoms with Crippen LogP contribution in [0.25, 0.3) is 0 Å². The molecule has 1 atom stereocenters. The quantitative estimate of drug-likeness (QED) is 0.444. The number of aromatic nitrogens is 2. The van der Waals surface area contributed by atoms with Crippen LogP contribution >= 0.6 is 0 Å². The third-order valence-electron chi connectivity index (χ3n) is 5.69. The van der Waals surface area contributed by atoms with Gasteiger partial charge in [0, 0.05) is 41.9 Å². The minimum atomic E-state index is -4.51. The van der Waals surface area contributed by atoms with E-state index >= 15 is 0 Å². The summed E-state index contributed by atoms with van der Waals surface area (Å²) in [6.45, 7) is 4.05. The fourth-order valence-electron chi connectivity index (χ4n) is 3.76. The molecule has 196 valence electrons. The van der Waals surface area contributed by atoms with Crippen molar-refractivity contribution in [3.8, 4) is 11.6 Å². The zero-order valence-electron chi connectivity index (χ0n) is 20.1. The number of carbonyl (C=O) groups excluding carboxylic acids is 1. The first-order chi connectivity index (χ1) is 17.6. The lowest BCUT2D eigenvalue weighted by atomic mass is 10.1. The lowest BCUT2D eigenvalue weighted by molar-refractivity contribution is -0.138. The van der Waals surface area contributed by atoms with Gasteiger partial charge in [-0.1, -0.05) is 6.07 Å². The lowest BCUT2D eigenvalue weighted by Gasteiger charge is -2.33. The fourth-order valence-corrected chi connectivity index (χ4v) is 4.44. The molecule has 3 aromatic rings. The summed E-state index contributed by atoms with van der Waals surface area (Å²) in [5, 5.41) is 4.98. The zero-order valence-corrected chi connectivity index (χ0v) is 20.9. The van der Waals surface area contributed by atoms with Crippen molar-refractivity contribution in [3.05, 3.63) is 66.0 Å². The number of carbonyl (C=O) groups is 1. The molecule has 1 fully saturated rings. The minimum absolute atomic E-state index is 0.0271. The van der Waals surface area contributed by atoms with Crippen LogP contribution in [0.2, 0.25) is 0 Å². The van der Waals surface area contributed by atoms with E-state index in [9.17, 15) is 22.5 Å². The maximum Gasteiger partial charge on any atom is 0.416 e. The summed E-state index contributed by atoms with van der Waals surface area (Å²) >= 11 is -0.998. The van der Waals surface area contributed by atoms with E-state index in [0.29, 0.717) is 49.3 Å². The monoisotopic (exact) mass is 534 g/mol. The number of benzene rings is 2. The Kier molecular flexibility index (Phi) is 8.05. The number of anilines is 3. The Bertz CT molecular complexity index is 1240. The van der Waals surface area contributed by atoms with Gasteiger partial charge in [-0.05, 0) is 48.9 Å². The van der Waals surface area contributed by atoms with Crippen molar-refractivity contribution in [1.29, 1.82) is 0 Å².